The average Bonchev–Trinajstić information content (AvgIpc) is 3.16. The van der Waals surface area contributed by atoms with Gasteiger partial charge in [0.2, 0.25) is 0 Å². The monoisotopic (exact) mass is 509 g/mol. The van der Waals surface area contributed by atoms with Gasteiger partial charge in [-0.2, -0.15) is 8.42 Å². The van der Waals surface area contributed by atoms with Gasteiger partial charge in [0.15, 0.2) is 0 Å². The molecule has 0 aliphatic carbocycles. The number of hydrogen-bond donors (Lipinski definition) is 2. The van der Waals surface area contributed by atoms with Gasteiger partial charge in [0.05, 0.1) is 21.3 Å². The average molecular weight is 510 g/mol. The van der Waals surface area contributed by atoms with Crippen molar-refractivity contribution in [2.75, 3.05) is 30.5 Å². The van der Waals surface area contributed by atoms with Crippen molar-refractivity contribution in [3.05, 3.63) is 95.7 Å². The molecule has 3 aromatic rings. The summed E-state index contributed by atoms with van der Waals surface area (Å²) < 4.78 is 35.4. The number of nitrogens with zero attached hydrogens (tertiary/aromatic N) is 1. The summed E-state index contributed by atoms with van der Waals surface area (Å²) >= 11 is 1.51. The van der Waals surface area contributed by atoms with Crippen LogP contribution in [0.2, 0.25) is 0 Å². The molecule has 35 heavy (non-hydrogen) atoms. The predicted molar refractivity (Wildman–Crippen MR) is 142 cm³/mol. The highest BCUT2D eigenvalue weighted by molar-refractivity contribution is 8.03. The molecule has 7 nitrogen and oxygen atoms in total. The van der Waals surface area contributed by atoms with Crippen molar-refractivity contribution >= 4 is 39.0 Å². The molecule has 1 heterocycles. The normalized spacial score (nSPS) is 13.6. The first-order valence-electron chi connectivity index (χ1n) is 10.9. The van der Waals surface area contributed by atoms with Crippen molar-refractivity contribution in [2.45, 2.75) is 16.7 Å². The number of nitrogens with two attached hydrogens (primary N) is 1. The van der Waals surface area contributed by atoms with Gasteiger partial charge in [-0.05, 0) is 55.0 Å². The lowest BCUT2D eigenvalue weighted by Gasteiger charge is -2.16. The zero-order valence-corrected chi connectivity index (χ0v) is 21.2. The fourth-order valence-electron chi connectivity index (χ4n) is 3.44. The molecule has 0 amide bonds. The molecule has 0 saturated heterocycles. The van der Waals surface area contributed by atoms with Crippen LogP contribution in [0.1, 0.15) is 11.1 Å². The number of aryl methyl sites for hydroxylation is 1. The van der Waals surface area contributed by atoms with Gasteiger partial charge in [-0.1, -0.05) is 48.2 Å². The van der Waals surface area contributed by atoms with E-state index in [1.54, 1.807) is 12.1 Å². The molecule has 0 aromatic heterocycles. The summed E-state index contributed by atoms with van der Waals surface area (Å²) in [6, 6.07) is 20.0. The highest BCUT2D eigenvalue weighted by atomic mass is 32.2. The van der Waals surface area contributed by atoms with E-state index in [0.29, 0.717) is 11.4 Å². The Balaban J connectivity index is 1.38. The van der Waals surface area contributed by atoms with Gasteiger partial charge < -0.3 is 20.7 Å². The lowest BCUT2D eigenvalue weighted by Crippen LogP contribution is -2.13. The quantitative estimate of drug-likeness (QED) is 0.302. The third-order valence-electron chi connectivity index (χ3n) is 5.36. The number of benzene rings is 3. The van der Waals surface area contributed by atoms with E-state index in [2.05, 4.69) is 11.9 Å². The molecular formula is C26H27N3O4S2. The van der Waals surface area contributed by atoms with E-state index in [0.717, 1.165) is 32.4 Å². The van der Waals surface area contributed by atoms with Gasteiger partial charge in [0.25, 0.3) is 10.1 Å². The minimum absolute atomic E-state index is 0.0919. The molecule has 0 bridgehead atoms. The second-order valence-corrected chi connectivity index (χ2v) is 10.6. The largest absolute Gasteiger partial charge is 0.491 e. The SMILES string of the molecule is C=C1Sc2cc(OCCOS(=O)(=O)c3ccc(C)cc3)ccc2N1/C=C(\N)c1ccc(NC)cc1. The standard InChI is InChI=1S/C26H27N3O4S2/c1-18-4-11-23(12-5-18)35(30,31)33-15-14-32-22-10-13-25-26(16-22)34-19(2)29(25)17-24(27)20-6-8-21(28-3)9-7-20/h4-13,16-17,28H,2,14-15,27H2,1,3H3/b24-17-. The van der Waals surface area contributed by atoms with Gasteiger partial charge in [0, 0.05) is 23.8 Å². The Hall–Kier alpha value is -3.40. The summed E-state index contributed by atoms with van der Waals surface area (Å²) in [4.78, 5) is 3.04. The van der Waals surface area contributed by atoms with Crippen LogP contribution in [0, 0.1) is 6.92 Å². The number of rotatable bonds is 9. The fourth-order valence-corrected chi connectivity index (χ4v) is 5.28. The lowest BCUT2D eigenvalue weighted by atomic mass is 10.1. The van der Waals surface area contributed by atoms with E-state index in [-0.39, 0.29) is 18.1 Å². The zero-order chi connectivity index (χ0) is 25.0. The molecule has 182 valence electrons. The highest BCUT2D eigenvalue weighted by Crippen LogP contribution is 2.47. The van der Waals surface area contributed by atoms with Crippen LogP contribution in [0.5, 0.6) is 5.75 Å². The molecule has 0 spiro atoms. The Bertz CT molecular complexity index is 1350. The van der Waals surface area contributed by atoms with E-state index >= 15 is 0 Å². The van der Waals surface area contributed by atoms with Gasteiger partial charge in [-0.15, -0.1) is 0 Å². The molecule has 0 fully saturated rings. The Morgan fingerprint density at radius 3 is 2.49 bits per heavy atom. The van der Waals surface area contributed by atoms with Crippen molar-refractivity contribution in [3.63, 3.8) is 0 Å². The molecule has 9 heteroatoms. The van der Waals surface area contributed by atoms with Gasteiger partial charge >= 0.3 is 0 Å². The van der Waals surface area contributed by atoms with E-state index in [4.69, 9.17) is 14.7 Å². The molecule has 0 radical (unpaired) electrons. The van der Waals surface area contributed by atoms with Crippen LogP contribution in [0.15, 0.2) is 94.3 Å². The summed E-state index contributed by atoms with van der Waals surface area (Å²) in [6.45, 7) is 6.03. The third-order valence-corrected chi connectivity index (χ3v) is 7.67. The van der Waals surface area contributed by atoms with Crippen molar-refractivity contribution < 1.29 is 17.3 Å². The summed E-state index contributed by atoms with van der Waals surface area (Å²) in [5.41, 5.74) is 10.8. The first kappa shape index (κ1) is 24.7. The summed E-state index contributed by atoms with van der Waals surface area (Å²) in [6.07, 6.45) is 1.86. The Morgan fingerprint density at radius 1 is 1.09 bits per heavy atom. The Morgan fingerprint density at radius 2 is 1.80 bits per heavy atom. The van der Waals surface area contributed by atoms with Crippen molar-refractivity contribution in [1.82, 2.24) is 0 Å². The first-order valence-corrected chi connectivity index (χ1v) is 13.1. The van der Waals surface area contributed by atoms with Crippen LogP contribution in [0.3, 0.4) is 0 Å². The van der Waals surface area contributed by atoms with E-state index < -0.39 is 10.1 Å². The predicted octanol–water partition coefficient (Wildman–Crippen LogP) is 5.16. The van der Waals surface area contributed by atoms with Crippen molar-refractivity contribution in [3.8, 4) is 5.75 Å². The lowest BCUT2D eigenvalue weighted by molar-refractivity contribution is 0.221. The minimum Gasteiger partial charge on any atom is -0.491 e. The molecule has 0 saturated carbocycles. The topological polar surface area (TPSA) is 93.9 Å². The summed E-state index contributed by atoms with van der Waals surface area (Å²) in [7, 11) is -1.95. The van der Waals surface area contributed by atoms with Gasteiger partial charge in [0.1, 0.15) is 19.0 Å². The number of anilines is 2. The molecule has 1 aliphatic heterocycles. The number of nitrogens with one attached hydrogen (secondary N) is 1. The van der Waals surface area contributed by atoms with Crippen LogP contribution < -0.4 is 20.7 Å². The molecular weight excluding hydrogens is 482 g/mol. The smallest absolute Gasteiger partial charge is 0.297 e. The number of fused-ring (bicyclic) bond motifs is 1. The fraction of sp³-hybridized carbons (Fsp3) is 0.154. The van der Waals surface area contributed by atoms with Crippen LogP contribution in [0.25, 0.3) is 5.70 Å². The zero-order valence-electron chi connectivity index (χ0n) is 19.5. The second kappa shape index (κ2) is 10.5. The minimum atomic E-state index is -3.82. The van der Waals surface area contributed by atoms with Crippen molar-refractivity contribution in [2.24, 2.45) is 5.73 Å². The van der Waals surface area contributed by atoms with E-state index in [1.807, 2.05) is 67.5 Å². The highest BCUT2D eigenvalue weighted by Gasteiger charge is 2.23. The molecule has 3 N–H and O–H groups in total. The maximum atomic E-state index is 12.3. The van der Waals surface area contributed by atoms with Gasteiger partial charge in [-0.25, -0.2) is 0 Å². The van der Waals surface area contributed by atoms with Crippen molar-refractivity contribution in [1.29, 1.82) is 0 Å². The van der Waals surface area contributed by atoms with E-state index in [9.17, 15) is 8.42 Å². The van der Waals surface area contributed by atoms with E-state index in [1.165, 1.54) is 23.9 Å². The van der Waals surface area contributed by atoms with Crippen LogP contribution in [-0.2, 0) is 14.3 Å². The Kier molecular flexibility index (Phi) is 7.39. The number of thioether (sulfide) groups is 1. The molecule has 0 unspecified atom stereocenters. The number of ether oxygens (including phenoxy) is 1. The molecule has 0 atom stereocenters. The molecule has 3 aromatic carbocycles. The maximum Gasteiger partial charge on any atom is 0.297 e. The first-order chi connectivity index (χ1) is 16.8. The van der Waals surface area contributed by atoms with Crippen LogP contribution >= 0.6 is 11.8 Å². The summed E-state index contributed by atoms with van der Waals surface area (Å²) in [5.74, 6) is 0.613. The number of hydrogen-bond acceptors (Lipinski definition) is 8. The molecule has 4 rings (SSSR count). The maximum absolute atomic E-state index is 12.3. The van der Waals surface area contributed by atoms with Crippen LogP contribution in [-0.4, -0.2) is 28.7 Å². The molecule has 1 aliphatic rings. The van der Waals surface area contributed by atoms with Gasteiger partial charge in [-0.3, -0.25) is 4.18 Å². The summed E-state index contributed by atoms with van der Waals surface area (Å²) in [5, 5.41) is 3.91. The third kappa shape index (κ3) is 5.82. The Labute approximate surface area is 210 Å². The van der Waals surface area contributed by atoms with Crippen LogP contribution in [0.4, 0.5) is 11.4 Å². The second-order valence-electron chi connectivity index (χ2n) is 7.84.